The summed E-state index contributed by atoms with van der Waals surface area (Å²) in [6.45, 7) is 3.28. The summed E-state index contributed by atoms with van der Waals surface area (Å²) in [6, 6.07) is 0.954. The number of carboxylic acid groups (broad SMARTS) is 2. The van der Waals surface area contributed by atoms with Crippen LogP contribution < -0.4 is 27.4 Å². The summed E-state index contributed by atoms with van der Waals surface area (Å²) in [7, 11) is 0. The zero-order valence-corrected chi connectivity index (χ0v) is 21.2. The summed E-state index contributed by atoms with van der Waals surface area (Å²) in [5, 5.41) is 34.6. The fraction of sp³-hybridized carbons (Fsp3) is 0.500. The van der Waals surface area contributed by atoms with Crippen LogP contribution in [0, 0.1) is 5.92 Å². The first-order valence-electron chi connectivity index (χ1n) is 11.9. The van der Waals surface area contributed by atoms with Crippen LogP contribution in [0.25, 0.3) is 0 Å². The predicted octanol–water partition coefficient (Wildman–Crippen LogP) is -1.41. The van der Waals surface area contributed by atoms with E-state index in [2.05, 4.69) is 16.0 Å². The molecule has 4 unspecified atom stereocenters. The van der Waals surface area contributed by atoms with Gasteiger partial charge < -0.3 is 42.7 Å². The van der Waals surface area contributed by atoms with Gasteiger partial charge in [-0.15, -0.1) is 0 Å². The maximum Gasteiger partial charge on any atom is 0.326 e. The second-order valence-electron chi connectivity index (χ2n) is 9.11. The second kappa shape index (κ2) is 15.1. The Bertz CT molecular complexity index is 1010. The first kappa shape index (κ1) is 31.8. The highest BCUT2D eigenvalue weighted by molar-refractivity contribution is 5.94. The molecular formula is C24H35N5O9. The highest BCUT2D eigenvalue weighted by atomic mass is 16.4. The fourth-order valence-electron chi connectivity index (χ4n) is 3.39. The maximum absolute atomic E-state index is 13.0. The summed E-state index contributed by atoms with van der Waals surface area (Å²) in [5.41, 5.74) is 11.8. The van der Waals surface area contributed by atoms with E-state index in [0.29, 0.717) is 5.56 Å². The zero-order chi connectivity index (χ0) is 29.0. The normalized spacial score (nSPS) is 14.0. The van der Waals surface area contributed by atoms with Gasteiger partial charge in [-0.25, -0.2) is 4.79 Å². The number of hydrogen-bond acceptors (Lipinski definition) is 8. The minimum Gasteiger partial charge on any atom is -0.508 e. The highest BCUT2D eigenvalue weighted by Crippen LogP contribution is 2.12. The van der Waals surface area contributed by atoms with Crippen LogP contribution in [0.5, 0.6) is 5.75 Å². The van der Waals surface area contributed by atoms with Crippen LogP contribution >= 0.6 is 0 Å². The van der Waals surface area contributed by atoms with Gasteiger partial charge in [0, 0.05) is 12.8 Å². The largest absolute Gasteiger partial charge is 0.508 e. The van der Waals surface area contributed by atoms with Gasteiger partial charge in [0.15, 0.2) is 0 Å². The number of aromatic hydroxyl groups is 1. The molecule has 14 heteroatoms. The molecule has 210 valence electrons. The molecule has 0 radical (unpaired) electrons. The Morgan fingerprint density at radius 1 is 0.816 bits per heavy atom. The number of phenolic OH excluding ortho intramolecular Hbond substituents is 1. The molecule has 0 aliphatic carbocycles. The lowest BCUT2D eigenvalue weighted by molar-refractivity contribution is -0.143. The van der Waals surface area contributed by atoms with Crippen molar-refractivity contribution in [2.75, 3.05) is 0 Å². The number of aliphatic carboxylic acids is 2. The molecule has 0 heterocycles. The fourth-order valence-corrected chi connectivity index (χ4v) is 3.39. The highest BCUT2D eigenvalue weighted by Gasteiger charge is 2.32. The predicted molar refractivity (Wildman–Crippen MR) is 133 cm³/mol. The summed E-state index contributed by atoms with van der Waals surface area (Å²) < 4.78 is 0. The minimum atomic E-state index is -1.55. The number of hydrogen-bond donors (Lipinski definition) is 8. The number of carboxylic acids is 2. The van der Waals surface area contributed by atoms with Crippen LogP contribution in [-0.4, -0.2) is 75.1 Å². The van der Waals surface area contributed by atoms with Crippen molar-refractivity contribution < 1.29 is 44.1 Å². The van der Waals surface area contributed by atoms with Crippen LogP contribution in [-0.2, 0) is 35.2 Å². The number of phenols is 1. The van der Waals surface area contributed by atoms with Crippen LogP contribution in [0.1, 0.15) is 45.1 Å². The average molecular weight is 538 g/mol. The molecule has 10 N–H and O–H groups in total. The van der Waals surface area contributed by atoms with E-state index in [1.54, 1.807) is 26.0 Å². The molecule has 1 aromatic carbocycles. The average Bonchev–Trinajstić information content (AvgIpc) is 2.82. The molecular weight excluding hydrogens is 502 g/mol. The minimum absolute atomic E-state index is 0.0507. The van der Waals surface area contributed by atoms with Crippen molar-refractivity contribution in [1.82, 2.24) is 16.0 Å². The van der Waals surface area contributed by atoms with E-state index in [9.17, 15) is 39.0 Å². The summed E-state index contributed by atoms with van der Waals surface area (Å²) in [4.78, 5) is 72.1. The number of carbonyl (C=O) groups excluding carboxylic acids is 4. The standard InChI is InChI=1S/C24H35N5O9/c1-12(2)20(29-21(34)15(25)11-13-3-5-14(30)6-4-13)23(36)27-16(7-9-18(26)31)22(35)28-17(24(37)38)8-10-19(32)33/h3-6,12,15-17,20,30H,7-11,25H2,1-2H3,(H2,26,31)(H,27,36)(H,28,35)(H,29,34)(H,32,33)(H,37,38). The van der Waals surface area contributed by atoms with Gasteiger partial charge in [0.1, 0.15) is 23.9 Å². The van der Waals surface area contributed by atoms with Gasteiger partial charge in [-0.2, -0.15) is 0 Å². The Labute approximate surface area is 219 Å². The first-order valence-corrected chi connectivity index (χ1v) is 11.9. The first-order chi connectivity index (χ1) is 17.7. The van der Waals surface area contributed by atoms with Gasteiger partial charge in [-0.3, -0.25) is 24.0 Å². The molecule has 0 aliphatic rings. The SMILES string of the molecule is CC(C)C(NC(=O)C(N)Cc1ccc(O)cc1)C(=O)NC(CCC(N)=O)C(=O)NC(CCC(=O)O)C(=O)O. The zero-order valence-electron chi connectivity index (χ0n) is 21.2. The van der Waals surface area contributed by atoms with Gasteiger partial charge in [0.05, 0.1) is 6.04 Å². The van der Waals surface area contributed by atoms with E-state index < -0.39 is 78.5 Å². The molecule has 38 heavy (non-hydrogen) atoms. The number of rotatable bonds is 16. The molecule has 0 fully saturated rings. The van der Waals surface area contributed by atoms with Crippen LogP contribution in [0.3, 0.4) is 0 Å². The molecule has 0 saturated carbocycles. The van der Waals surface area contributed by atoms with E-state index in [-0.39, 0.29) is 25.0 Å². The Morgan fingerprint density at radius 3 is 1.87 bits per heavy atom. The van der Waals surface area contributed by atoms with E-state index in [1.165, 1.54) is 12.1 Å². The lowest BCUT2D eigenvalue weighted by atomic mass is 10.00. The number of amides is 4. The summed E-state index contributed by atoms with van der Waals surface area (Å²) in [5.74, 6) is -6.31. The van der Waals surface area contributed by atoms with E-state index in [1.807, 2.05) is 0 Å². The molecule has 4 atom stereocenters. The maximum atomic E-state index is 13.0. The van der Waals surface area contributed by atoms with Crippen molar-refractivity contribution in [3.8, 4) is 5.75 Å². The molecule has 4 amide bonds. The van der Waals surface area contributed by atoms with Crippen molar-refractivity contribution in [3.05, 3.63) is 29.8 Å². The van der Waals surface area contributed by atoms with Crippen molar-refractivity contribution in [3.63, 3.8) is 0 Å². The van der Waals surface area contributed by atoms with E-state index in [0.717, 1.165) is 0 Å². The van der Waals surface area contributed by atoms with Crippen molar-refractivity contribution >= 4 is 35.6 Å². The molecule has 0 bridgehead atoms. The Kier molecular flexibility index (Phi) is 12.7. The topological polar surface area (TPSA) is 251 Å². The Morgan fingerprint density at radius 2 is 1.37 bits per heavy atom. The Balaban J connectivity index is 2.96. The van der Waals surface area contributed by atoms with Crippen molar-refractivity contribution in [2.45, 2.75) is 70.1 Å². The smallest absolute Gasteiger partial charge is 0.326 e. The lowest BCUT2D eigenvalue weighted by Gasteiger charge is -2.27. The quantitative estimate of drug-likeness (QED) is 0.122. The van der Waals surface area contributed by atoms with Crippen molar-refractivity contribution in [2.24, 2.45) is 17.4 Å². The third kappa shape index (κ3) is 11.2. The monoisotopic (exact) mass is 537 g/mol. The third-order valence-electron chi connectivity index (χ3n) is 5.55. The third-order valence-corrected chi connectivity index (χ3v) is 5.55. The van der Waals surface area contributed by atoms with Crippen LogP contribution in [0.4, 0.5) is 0 Å². The van der Waals surface area contributed by atoms with Gasteiger partial charge >= 0.3 is 11.9 Å². The number of benzene rings is 1. The van der Waals surface area contributed by atoms with Gasteiger partial charge in [0.2, 0.25) is 23.6 Å². The molecule has 14 nitrogen and oxygen atoms in total. The van der Waals surface area contributed by atoms with Crippen LogP contribution in [0.2, 0.25) is 0 Å². The number of nitrogens with two attached hydrogens (primary N) is 2. The number of nitrogens with one attached hydrogen (secondary N) is 3. The number of carbonyl (C=O) groups is 6. The van der Waals surface area contributed by atoms with Gasteiger partial charge in [0.25, 0.3) is 0 Å². The van der Waals surface area contributed by atoms with Crippen LogP contribution in [0.15, 0.2) is 24.3 Å². The second-order valence-corrected chi connectivity index (χ2v) is 9.11. The van der Waals surface area contributed by atoms with E-state index in [4.69, 9.17) is 16.6 Å². The molecule has 0 aliphatic heterocycles. The Hall–Kier alpha value is -4.20. The van der Waals surface area contributed by atoms with E-state index >= 15 is 0 Å². The number of primary amides is 1. The lowest BCUT2D eigenvalue weighted by Crippen LogP contribution is -2.58. The molecule has 1 aromatic rings. The molecule has 0 aromatic heterocycles. The van der Waals surface area contributed by atoms with Crippen molar-refractivity contribution in [1.29, 1.82) is 0 Å². The molecule has 1 rings (SSSR count). The summed E-state index contributed by atoms with van der Waals surface area (Å²) in [6.07, 6.45) is -1.40. The molecule has 0 spiro atoms. The molecule has 0 saturated heterocycles. The van der Waals surface area contributed by atoms with Gasteiger partial charge in [-0.1, -0.05) is 26.0 Å². The summed E-state index contributed by atoms with van der Waals surface area (Å²) >= 11 is 0. The van der Waals surface area contributed by atoms with Gasteiger partial charge in [-0.05, 0) is 42.9 Å².